The number of para-hydroxylation sites is 3. The largest absolute Gasteiger partial charge is 0.494 e. The van der Waals surface area contributed by atoms with E-state index in [-0.39, 0.29) is 5.60 Å². The maximum Gasteiger partial charge on any atom is 0.225 e. The molecule has 2 fully saturated rings. The molecule has 0 radical (unpaired) electrons. The second-order valence-corrected chi connectivity index (χ2v) is 9.06. The van der Waals surface area contributed by atoms with Gasteiger partial charge in [-0.3, -0.25) is 4.79 Å². The van der Waals surface area contributed by atoms with Crippen LogP contribution in [0.4, 0.5) is 5.69 Å². The third-order valence-corrected chi connectivity index (χ3v) is 6.92. The van der Waals surface area contributed by atoms with E-state index < -0.39 is 0 Å². The van der Waals surface area contributed by atoms with E-state index in [9.17, 15) is 4.79 Å². The highest BCUT2D eigenvalue weighted by atomic mass is 16.5. The molecule has 2 aromatic rings. The van der Waals surface area contributed by atoms with Gasteiger partial charge in [0.05, 0.1) is 12.3 Å². The van der Waals surface area contributed by atoms with E-state index >= 15 is 0 Å². The van der Waals surface area contributed by atoms with E-state index in [0.29, 0.717) is 18.4 Å². The standard InChI is InChI=1S/C26H32N2O3/c1-2-30-23-9-5-3-7-21(23)19-28-18-15-26(31-24-10-6-4-8-22(24)28)13-16-27(17-14-26)25(29)20-11-12-20/h3-10,20H,2,11-19H2,1H3. The molecule has 1 aliphatic carbocycles. The molecule has 2 heterocycles. The average molecular weight is 421 g/mol. The number of anilines is 1. The maximum atomic E-state index is 12.5. The number of hydrogen-bond acceptors (Lipinski definition) is 4. The normalized spacial score (nSPS) is 20.0. The molecule has 0 bridgehead atoms. The monoisotopic (exact) mass is 420 g/mol. The number of piperidine rings is 1. The number of ether oxygens (including phenoxy) is 2. The molecule has 164 valence electrons. The zero-order chi connectivity index (χ0) is 21.3. The summed E-state index contributed by atoms with van der Waals surface area (Å²) in [6.45, 7) is 6.02. The predicted molar refractivity (Wildman–Crippen MR) is 122 cm³/mol. The number of carbonyl (C=O) groups is 1. The van der Waals surface area contributed by atoms with Crippen molar-refractivity contribution in [1.82, 2.24) is 4.90 Å². The fourth-order valence-electron chi connectivity index (χ4n) is 4.92. The molecular weight excluding hydrogens is 388 g/mol. The average Bonchev–Trinajstić information content (AvgIpc) is 3.64. The number of rotatable bonds is 5. The van der Waals surface area contributed by atoms with Gasteiger partial charge in [-0.05, 0) is 38.0 Å². The van der Waals surface area contributed by atoms with E-state index in [1.165, 1.54) is 5.56 Å². The Morgan fingerprint density at radius 2 is 1.74 bits per heavy atom. The van der Waals surface area contributed by atoms with Gasteiger partial charge in [0, 0.05) is 56.9 Å². The molecule has 1 saturated heterocycles. The van der Waals surface area contributed by atoms with Crippen LogP contribution in [0.2, 0.25) is 0 Å². The Balaban J connectivity index is 1.35. The molecule has 3 aliphatic rings. The fraction of sp³-hybridized carbons (Fsp3) is 0.500. The smallest absolute Gasteiger partial charge is 0.225 e. The van der Waals surface area contributed by atoms with Crippen molar-refractivity contribution < 1.29 is 14.3 Å². The molecule has 5 nitrogen and oxygen atoms in total. The van der Waals surface area contributed by atoms with Crippen molar-refractivity contribution in [2.45, 2.75) is 51.2 Å². The zero-order valence-corrected chi connectivity index (χ0v) is 18.4. The minimum Gasteiger partial charge on any atom is -0.494 e. The molecule has 0 unspecified atom stereocenters. The van der Waals surface area contributed by atoms with Crippen LogP contribution in [-0.4, -0.2) is 42.6 Å². The zero-order valence-electron chi connectivity index (χ0n) is 18.4. The lowest BCUT2D eigenvalue weighted by Crippen LogP contribution is -2.50. The third kappa shape index (κ3) is 4.23. The number of benzene rings is 2. The molecule has 1 amide bonds. The van der Waals surface area contributed by atoms with Crippen LogP contribution in [0.3, 0.4) is 0 Å². The minimum absolute atomic E-state index is 0.190. The van der Waals surface area contributed by atoms with E-state index in [0.717, 1.165) is 75.5 Å². The molecule has 2 aliphatic heterocycles. The fourth-order valence-corrected chi connectivity index (χ4v) is 4.92. The first-order chi connectivity index (χ1) is 15.2. The van der Waals surface area contributed by atoms with E-state index in [2.05, 4.69) is 46.2 Å². The molecule has 0 N–H and O–H groups in total. The van der Waals surface area contributed by atoms with Crippen LogP contribution in [0, 0.1) is 5.92 Å². The third-order valence-electron chi connectivity index (χ3n) is 6.92. The number of fused-ring (bicyclic) bond motifs is 1. The van der Waals surface area contributed by atoms with Crippen LogP contribution in [0.1, 0.15) is 44.6 Å². The molecule has 0 aromatic heterocycles. The van der Waals surface area contributed by atoms with Gasteiger partial charge in [0.25, 0.3) is 0 Å². The molecule has 5 rings (SSSR count). The van der Waals surface area contributed by atoms with Gasteiger partial charge in [0.1, 0.15) is 17.1 Å². The van der Waals surface area contributed by atoms with Crippen LogP contribution < -0.4 is 14.4 Å². The Morgan fingerprint density at radius 1 is 1.03 bits per heavy atom. The lowest BCUT2D eigenvalue weighted by Gasteiger charge is -2.41. The Kier molecular flexibility index (Phi) is 5.51. The highest BCUT2D eigenvalue weighted by molar-refractivity contribution is 5.81. The van der Waals surface area contributed by atoms with Crippen molar-refractivity contribution >= 4 is 11.6 Å². The van der Waals surface area contributed by atoms with Gasteiger partial charge >= 0.3 is 0 Å². The summed E-state index contributed by atoms with van der Waals surface area (Å²) in [6, 6.07) is 16.7. The van der Waals surface area contributed by atoms with Crippen LogP contribution in [-0.2, 0) is 11.3 Å². The van der Waals surface area contributed by atoms with Crippen molar-refractivity contribution in [3.05, 3.63) is 54.1 Å². The highest BCUT2D eigenvalue weighted by Gasteiger charge is 2.42. The molecule has 5 heteroatoms. The molecule has 1 saturated carbocycles. The first-order valence-electron chi connectivity index (χ1n) is 11.7. The van der Waals surface area contributed by atoms with Crippen molar-refractivity contribution in [3.8, 4) is 11.5 Å². The van der Waals surface area contributed by atoms with Gasteiger partial charge in [0.15, 0.2) is 0 Å². The molecule has 31 heavy (non-hydrogen) atoms. The first-order valence-corrected chi connectivity index (χ1v) is 11.7. The number of likely N-dealkylation sites (tertiary alicyclic amines) is 1. The van der Waals surface area contributed by atoms with Gasteiger partial charge in [-0.2, -0.15) is 0 Å². The van der Waals surface area contributed by atoms with Gasteiger partial charge in [-0.15, -0.1) is 0 Å². The Hall–Kier alpha value is -2.69. The summed E-state index contributed by atoms with van der Waals surface area (Å²) in [5, 5.41) is 0. The van der Waals surface area contributed by atoms with Crippen molar-refractivity contribution in [1.29, 1.82) is 0 Å². The summed E-state index contributed by atoms with van der Waals surface area (Å²) in [5.74, 6) is 2.56. The summed E-state index contributed by atoms with van der Waals surface area (Å²) in [7, 11) is 0. The van der Waals surface area contributed by atoms with E-state index in [4.69, 9.17) is 9.47 Å². The van der Waals surface area contributed by atoms with Gasteiger partial charge < -0.3 is 19.3 Å². The quantitative estimate of drug-likeness (QED) is 0.706. The van der Waals surface area contributed by atoms with Crippen LogP contribution in [0.15, 0.2) is 48.5 Å². The highest BCUT2D eigenvalue weighted by Crippen LogP contribution is 2.42. The molecule has 2 aromatic carbocycles. The first kappa shape index (κ1) is 20.2. The summed E-state index contributed by atoms with van der Waals surface area (Å²) >= 11 is 0. The minimum atomic E-state index is -0.190. The summed E-state index contributed by atoms with van der Waals surface area (Å²) < 4.78 is 12.6. The van der Waals surface area contributed by atoms with E-state index in [1.807, 2.05) is 19.1 Å². The van der Waals surface area contributed by atoms with E-state index in [1.54, 1.807) is 0 Å². The second-order valence-electron chi connectivity index (χ2n) is 9.06. The predicted octanol–water partition coefficient (Wildman–Crippen LogP) is 4.65. The summed E-state index contributed by atoms with van der Waals surface area (Å²) in [4.78, 5) is 17.0. The van der Waals surface area contributed by atoms with Crippen LogP contribution in [0.25, 0.3) is 0 Å². The maximum absolute atomic E-state index is 12.5. The van der Waals surface area contributed by atoms with Crippen LogP contribution >= 0.6 is 0 Å². The number of amides is 1. The van der Waals surface area contributed by atoms with Crippen molar-refractivity contribution in [2.75, 3.05) is 31.1 Å². The molecular formula is C26H32N2O3. The SMILES string of the molecule is CCOc1ccccc1CN1CCC2(CCN(C(=O)C3CC3)CC2)Oc2ccccc21. The molecule has 0 atom stereocenters. The number of nitrogens with zero attached hydrogens (tertiary/aromatic N) is 2. The van der Waals surface area contributed by atoms with Crippen molar-refractivity contribution in [3.63, 3.8) is 0 Å². The lowest BCUT2D eigenvalue weighted by molar-refractivity contribution is -0.136. The Morgan fingerprint density at radius 3 is 2.52 bits per heavy atom. The number of carbonyl (C=O) groups excluding carboxylic acids is 1. The van der Waals surface area contributed by atoms with Crippen molar-refractivity contribution in [2.24, 2.45) is 5.92 Å². The Bertz CT molecular complexity index is 932. The van der Waals surface area contributed by atoms with Gasteiger partial charge in [0.2, 0.25) is 5.91 Å². The lowest BCUT2D eigenvalue weighted by atomic mass is 9.87. The Labute approximate surface area is 184 Å². The number of hydrogen-bond donors (Lipinski definition) is 0. The summed E-state index contributed by atoms with van der Waals surface area (Å²) in [6.07, 6.45) is 4.92. The second kappa shape index (κ2) is 8.45. The van der Waals surface area contributed by atoms with Gasteiger partial charge in [-0.25, -0.2) is 0 Å². The molecule has 1 spiro atoms. The summed E-state index contributed by atoms with van der Waals surface area (Å²) in [5.41, 5.74) is 2.15. The van der Waals surface area contributed by atoms with Gasteiger partial charge in [-0.1, -0.05) is 30.3 Å². The topological polar surface area (TPSA) is 42.0 Å². The van der Waals surface area contributed by atoms with Crippen LogP contribution in [0.5, 0.6) is 11.5 Å².